The number of nitrogens with zero attached hydrogens (tertiary/aromatic N) is 1. The second-order valence-corrected chi connectivity index (χ2v) is 10.6. The van der Waals surface area contributed by atoms with Crippen LogP contribution in [0.5, 0.6) is 0 Å². The van der Waals surface area contributed by atoms with Gasteiger partial charge in [0.25, 0.3) is 0 Å². The summed E-state index contributed by atoms with van der Waals surface area (Å²) in [5.74, 6) is 0.965. The molecular weight excluding hydrogens is 508 g/mol. The van der Waals surface area contributed by atoms with Gasteiger partial charge in [-0.15, -0.1) is 11.8 Å². The largest absolute Gasteiger partial charge is 0.352 e. The molecule has 0 saturated heterocycles. The summed E-state index contributed by atoms with van der Waals surface area (Å²) in [5.41, 5.74) is 2.12. The topological polar surface area (TPSA) is 49.4 Å². The first-order chi connectivity index (χ1) is 15.4. The summed E-state index contributed by atoms with van der Waals surface area (Å²) < 4.78 is 1.04. The molecule has 2 amide bonds. The Balaban J connectivity index is 1.64. The smallest absolute Gasteiger partial charge is 0.242 e. The SMILES string of the molecule is C[C@@H](C(=O)NC1CCCCC1)N(Cc1ccc(Cl)cc1)C(=O)CSCc1ccc(Br)cc1. The predicted molar refractivity (Wildman–Crippen MR) is 137 cm³/mol. The molecule has 172 valence electrons. The number of hydrogen-bond acceptors (Lipinski definition) is 3. The van der Waals surface area contributed by atoms with E-state index in [-0.39, 0.29) is 17.9 Å². The monoisotopic (exact) mass is 536 g/mol. The number of rotatable bonds is 9. The van der Waals surface area contributed by atoms with Crippen LogP contribution in [0.4, 0.5) is 0 Å². The van der Waals surface area contributed by atoms with Gasteiger partial charge in [-0.05, 0) is 55.2 Å². The van der Waals surface area contributed by atoms with Crippen molar-refractivity contribution in [1.29, 1.82) is 0 Å². The van der Waals surface area contributed by atoms with Crippen LogP contribution in [0.25, 0.3) is 0 Å². The summed E-state index contributed by atoms with van der Waals surface area (Å²) in [7, 11) is 0. The third kappa shape index (κ3) is 7.82. The Bertz CT molecular complexity index is 886. The maximum Gasteiger partial charge on any atom is 0.242 e. The molecule has 2 aromatic rings. The van der Waals surface area contributed by atoms with Gasteiger partial charge >= 0.3 is 0 Å². The standard InChI is InChI=1S/C25H30BrClN2O2S/c1-18(25(31)28-23-5-3-2-4-6-23)29(15-19-9-13-22(27)14-10-19)24(30)17-32-16-20-7-11-21(26)12-8-20/h7-14,18,23H,2-6,15-17H2,1H3,(H,28,31)/t18-/m0/s1. The Morgan fingerprint density at radius 1 is 1.06 bits per heavy atom. The van der Waals surface area contributed by atoms with E-state index in [1.807, 2.05) is 55.5 Å². The van der Waals surface area contributed by atoms with Crippen molar-refractivity contribution >= 4 is 51.1 Å². The van der Waals surface area contributed by atoms with E-state index in [2.05, 4.69) is 21.2 Å². The van der Waals surface area contributed by atoms with Crippen molar-refractivity contribution in [3.05, 3.63) is 69.2 Å². The number of nitrogens with one attached hydrogen (secondary N) is 1. The zero-order valence-electron chi connectivity index (χ0n) is 18.4. The number of hydrogen-bond donors (Lipinski definition) is 1. The summed E-state index contributed by atoms with van der Waals surface area (Å²) in [5, 5.41) is 3.82. The van der Waals surface area contributed by atoms with E-state index in [0.717, 1.165) is 41.5 Å². The third-order valence-corrected chi connectivity index (χ3v) is 7.56. The summed E-state index contributed by atoms with van der Waals surface area (Å²) >= 11 is 11.0. The molecule has 0 radical (unpaired) electrons. The summed E-state index contributed by atoms with van der Waals surface area (Å²) in [6, 6.07) is 15.2. The molecule has 1 saturated carbocycles. The lowest BCUT2D eigenvalue weighted by atomic mass is 9.95. The second-order valence-electron chi connectivity index (χ2n) is 8.29. The molecule has 7 heteroatoms. The van der Waals surface area contributed by atoms with Gasteiger partial charge in [-0.2, -0.15) is 0 Å². The summed E-state index contributed by atoms with van der Waals surface area (Å²) in [6.45, 7) is 2.21. The van der Waals surface area contributed by atoms with Gasteiger partial charge in [0.2, 0.25) is 11.8 Å². The molecule has 0 unspecified atom stereocenters. The van der Waals surface area contributed by atoms with Crippen LogP contribution < -0.4 is 5.32 Å². The van der Waals surface area contributed by atoms with Crippen molar-refractivity contribution in [3.8, 4) is 0 Å². The minimum atomic E-state index is -0.534. The van der Waals surface area contributed by atoms with E-state index in [0.29, 0.717) is 17.3 Å². The van der Waals surface area contributed by atoms with Crippen LogP contribution in [-0.2, 0) is 21.9 Å². The van der Waals surface area contributed by atoms with Crippen LogP contribution >= 0.6 is 39.3 Å². The zero-order valence-corrected chi connectivity index (χ0v) is 21.5. The van der Waals surface area contributed by atoms with Gasteiger partial charge in [0.1, 0.15) is 6.04 Å². The number of carbonyl (C=O) groups excluding carboxylic acids is 2. The van der Waals surface area contributed by atoms with Gasteiger partial charge in [0.15, 0.2) is 0 Å². The van der Waals surface area contributed by atoms with E-state index in [4.69, 9.17) is 11.6 Å². The van der Waals surface area contributed by atoms with Crippen molar-refractivity contribution in [2.75, 3.05) is 5.75 Å². The zero-order chi connectivity index (χ0) is 22.9. The maximum absolute atomic E-state index is 13.2. The predicted octanol–water partition coefficient (Wildman–Crippen LogP) is 6.20. The summed E-state index contributed by atoms with van der Waals surface area (Å²) in [6.07, 6.45) is 5.58. The minimum Gasteiger partial charge on any atom is -0.352 e. The summed E-state index contributed by atoms with van der Waals surface area (Å²) in [4.78, 5) is 27.9. The lowest BCUT2D eigenvalue weighted by molar-refractivity contribution is -0.139. The Labute approximate surface area is 208 Å². The Morgan fingerprint density at radius 3 is 2.34 bits per heavy atom. The molecule has 4 nitrogen and oxygen atoms in total. The van der Waals surface area contributed by atoms with Gasteiger partial charge in [0, 0.05) is 27.8 Å². The van der Waals surface area contributed by atoms with Crippen molar-refractivity contribution in [1.82, 2.24) is 10.2 Å². The quantitative estimate of drug-likeness (QED) is 0.414. The van der Waals surface area contributed by atoms with Crippen molar-refractivity contribution in [2.24, 2.45) is 0 Å². The van der Waals surface area contributed by atoms with Gasteiger partial charge in [-0.3, -0.25) is 9.59 Å². The molecule has 32 heavy (non-hydrogen) atoms. The van der Waals surface area contributed by atoms with Crippen LogP contribution in [0.3, 0.4) is 0 Å². The first kappa shape index (κ1) is 25.1. The average Bonchev–Trinajstić information content (AvgIpc) is 2.80. The Hall–Kier alpha value is -1.50. The van der Waals surface area contributed by atoms with Crippen LogP contribution in [0, 0.1) is 0 Å². The molecule has 3 rings (SSSR count). The number of amides is 2. The lowest BCUT2D eigenvalue weighted by Crippen LogP contribution is -2.50. The highest BCUT2D eigenvalue weighted by molar-refractivity contribution is 9.10. The Morgan fingerprint density at radius 2 is 1.69 bits per heavy atom. The molecule has 1 fully saturated rings. The first-order valence-corrected chi connectivity index (χ1v) is 13.4. The van der Waals surface area contributed by atoms with Crippen LogP contribution in [-0.4, -0.2) is 34.6 Å². The molecule has 1 N–H and O–H groups in total. The normalized spacial score (nSPS) is 15.2. The Kier molecular flexibility index (Phi) is 9.94. The fourth-order valence-electron chi connectivity index (χ4n) is 3.86. The van der Waals surface area contributed by atoms with Crippen molar-refractivity contribution in [2.45, 2.75) is 63.4 Å². The third-order valence-electron chi connectivity index (χ3n) is 5.79. The second kappa shape index (κ2) is 12.7. The molecular formula is C25H30BrClN2O2S. The van der Waals surface area contributed by atoms with E-state index < -0.39 is 6.04 Å². The van der Waals surface area contributed by atoms with E-state index in [9.17, 15) is 9.59 Å². The molecule has 0 spiro atoms. The van der Waals surface area contributed by atoms with Gasteiger partial charge in [-0.1, -0.05) is 71.1 Å². The average molecular weight is 538 g/mol. The maximum atomic E-state index is 13.2. The van der Waals surface area contributed by atoms with E-state index >= 15 is 0 Å². The molecule has 0 aliphatic heterocycles. The highest BCUT2D eigenvalue weighted by atomic mass is 79.9. The number of halogens is 2. The first-order valence-electron chi connectivity index (χ1n) is 11.1. The molecule has 1 atom stereocenters. The molecule has 0 bridgehead atoms. The highest BCUT2D eigenvalue weighted by Gasteiger charge is 2.28. The highest BCUT2D eigenvalue weighted by Crippen LogP contribution is 2.20. The van der Waals surface area contributed by atoms with Crippen LogP contribution in [0.15, 0.2) is 53.0 Å². The van der Waals surface area contributed by atoms with Gasteiger partial charge in [-0.25, -0.2) is 0 Å². The minimum absolute atomic E-state index is 0.0339. The van der Waals surface area contributed by atoms with Crippen LogP contribution in [0.2, 0.25) is 5.02 Å². The molecule has 2 aromatic carbocycles. The lowest BCUT2D eigenvalue weighted by Gasteiger charge is -2.31. The van der Waals surface area contributed by atoms with Crippen LogP contribution in [0.1, 0.15) is 50.2 Å². The molecule has 0 aromatic heterocycles. The van der Waals surface area contributed by atoms with Gasteiger partial charge < -0.3 is 10.2 Å². The van der Waals surface area contributed by atoms with Gasteiger partial charge in [0.05, 0.1) is 5.75 Å². The van der Waals surface area contributed by atoms with E-state index in [1.165, 1.54) is 12.0 Å². The fourth-order valence-corrected chi connectivity index (χ4v) is 5.12. The molecule has 1 aliphatic carbocycles. The molecule has 0 heterocycles. The van der Waals surface area contributed by atoms with Crippen molar-refractivity contribution in [3.63, 3.8) is 0 Å². The molecule has 1 aliphatic rings. The number of benzene rings is 2. The van der Waals surface area contributed by atoms with Crippen molar-refractivity contribution < 1.29 is 9.59 Å². The van der Waals surface area contributed by atoms with E-state index in [1.54, 1.807) is 16.7 Å². The number of carbonyl (C=O) groups is 2. The fraction of sp³-hybridized carbons (Fsp3) is 0.440. The number of thioether (sulfide) groups is 1.